The van der Waals surface area contributed by atoms with Crippen molar-refractivity contribution in [2.24, 2.45) is 0 Å². The highest BCUT2D eigenvalue weighted by molar-refractivity contribution is 7.14. The number of hydrogen-bond donors (Lipinski definition) is 2. The Morgan fingerprint density at radius 1 is 1.08 bits per heavy atom. The summed E-state index contributed by atoms with van der Waals surface area (Å²) in [5, 5.41) is 23.4. The summed E-state index contributed by atoms with van der Waals surface area (Å²) in [6.07, 6.45) is 1.53. The number of aliphatic hydroxyl groups excluding tert-OH is 1. The molecular formula is C29H24N2O6S. The molecule has 9 heteroatoms. The number of Topliss-reactive ketones (excluding diaryl/α,β-unsaturated/α-hetero) is 1. The maximum absolute atomic E-state index is 13.2. The van der Waals surface area contributed by atoms with Crippen molar-refractivity contribution in [2.75, 3.05) is 12.0 Å². The molecule has 1 saturated heterocycles. The lowest BCUT2D eigenvalue weighted by atomic mass is 9.95. The SMILES string of the molecule is COc1cc([C@H]2C(=C(O)c3ccc(OCc4cccc(C)c4)cc3)C(=O)C(=O)N2c2nccs2)ccc1O. The van der Waals surface area contributed by atoms with Gasteiger partial charge in [-0.05, 0) is 54.4 Å². The number of methoxy groups -OCH3 is 1. The molecule has 1 aliphatic rings. The Labute approximate surface area is 223 Å². The number of aryl methyl sites for hydroxylation is 1. The number of benzene rings is 3. The van der Waals surface area contributed by atoms with Crippen molar-refractivity contribution < 1.29 is 29.3 Å². The number of nitrogens with zero attached hydrogens (tertiary/aromatic N) is 2. The second-order valence-electron chi connectivity index (χ2n) is 8.72. The van der Waals surface area contributed by atoms with Crippen LogP contribution in [0.15, 0.2) is 83.9 Å². The number of thiazole rings is 1. The molecule has 0 radical (unpaired) electrons. The van der Waals surface area contributed by atoms with Gasteiger partial charge in [-0.25, -0.2) is 4.98 Å². The van der Waals surface area contributed by atoms with Gasteiger partial charge in [0.25, 0.3) is 5.78 Å². The van der Waals surface area contributed by atoms with Gasteiger partial charge in [0.05, 0.1) is 18.7 Å². The van der Waals surface area contributed by atoms with E-state index in [9.17, 15) is 19.8 Å². The van der Waals surface area contributed by atoms with Crippen LogP contribution in [0.5, 0.6) is 17.2 Å². The number of ether oxygens (including phenoxy) is 2. The molecule has 1 aromatic heterocycles. The number of carbonyl (C=O) groups excluding carboxylic acids is 2. The molecule has 1 atom stereocenters. The zero-order chi connectivity index (χ0) is 26.8. The lowest BCUT2D eigenvalue weighted by molar-refractivity contribution is -0.132. The summed E-state index contributed by atoms with van der Waals surface area (Å²) in [4.78, 5) is 31.9. The fourth-order valence-electron chi connectivity index (χ4n) is 4.38. The molecule has 1 fully saturated rings. The van der Waals surface area contributed by atoms with Crippen molar-refractivity contribution in [1.82, 2.24) is 4.98 Å². The van der Waals surface area contributed by atoms with Crippen molar-refractivity contribution in [1.29, 1.82) is 0 Å². The van der Waals surface area contributed by atoms with E-state index in [1.807, 2.05) is 31.2 Å². The molecule has 1 aliphatic heterocycles. The van der Waals surface area contributed by atoms with Crippen LogP contribution in [-0.4, -0.2) is 34.0 Å². The third kappa shape index (κ3) is 4.71. The standard InChI is InChI=1S/C29H24N2O6S/c1-17-4-3-5-18(14-17)16-37-21-9-6-19(7-10-21)26(33)24-25(20-8-11-22(32)23(15-20)36-2)31(28(35)27(24)34)29-30-12-13-38-29/h3-15,25,32-33H,16H2,1-2H3/t25-/m0/s1. The summed E-state index contributed by atoms with van der Waals surface area (Å²) >= 11 is 1.19. The minimum absolute atomic E-state index is 0.0913. The van der Waals surface area contributed by atoms with Crippen LogP contribution in [0.3, 0.4) is 0 Å². The van der Waals surface area contributed by atoms with E-state index in [1.54, 1.807) is 35.7 Å². The van der Waals surface area contributed by atoms with E-state index in [-0.39, 0.29) is 22.8 Å². The van der Waals surface area contributed by atoms with Gasteiger partial charge in [0.1, 0.15) is 18.1 Å². The zero-order valence-corrected chi connectivity index (χ0v) is 21.4. The van der Waals surface area contributed by atoms with Crippen molar-refractivity contribution >= 4 is 33.9 Å². The number of aromatic hydroxyl groups is 1. The van der Waals surface area contributed by atoms with E-state index in [1.165, 1.54) is 41.7 Å². The molecule has 3 aromatic carbocycles. The van der Waals surface area contributed by atoms with Crippen LogP contribution in [0, 0.1) is 6.92 Å². The molecule has 1 amide bonds. The highest BCUT2D eigenvalue weighted by atomic mass is 32.1. The Kier molecular flexibility index (Phi) is 6.85. The average Bonchev–Trinajstić information content (AvgIpc) is 3.54. The monoisotopic (exact) mass is 528 g/mol. The predicted octanol–water partition coefficient (Wildman–Crippen LogP) is 5.37. The van der Waals surface area contributed by atoms with Gasteiger partial charge in [0.15, 0.2) is 16.6 Å². The number of aromatic nitrogens is 1. The molecule has 192 valence electrons. The van der Waals surface area contributed by atoms with Crippen molar-refractivity contribution in [2.45, 2.75) is 19.6 Å². The lowest BCUT2D eigenvalue weighted by Crippen LogP contribution is -2.29. The van der Waals surface area contributed by atoms with E-state index < -0.39 is 17.7 Å². The first-order valence-electron chi connectivity index (χ1n) is 11.7. The lowest BCUT2D eigenvalue weighted by Gasteiger charge is -2.23. The molecule has 0 unspecified atom stereocenters. The molecule has 0 bridgehead atoms. The summed E-state index contributed by atoms with van der Waals surface area (Å²) in [6, 6.07) is 18.2. The van der Waals surface area contributed by atoms with Gasteiger partial charge in [-0.15, -0.1) is 11.3 Å². The molecule has 0 saturated carbocycles. The van der Waals surface area contributed by atoms with E-state index >= 15 is 0 Å². The predicted molar refractivity (Wildman–Crippen MR) is 144 cm³/mol. The molecule has 2 heterocycles. The largest absolute Gasteiger partial charge is 0.507 e. The Morgan fingerprint density at radius 3 is 2.55 bits per heavy atom. The number of carbonyl (C=O) groups is 2. The summed E-state index contributed by atoms with van der Waals surface area (Å²) in [6.45, 7) is 2.40. The smallest absolute Gasteiger partial charge is 0.301 e. The topological polar surface area (TPSA) is 109 Å². The second-order valence-corrected chi connectivity index (χ2v) is 9.59. The summed E-state index contributed by atoms with van der Waals surface area (Å²) in [5.41, 5.74) is 2.89. The highest BCUT2D eigenvalue weighted by Gasteiger charge is 2.48. The van der Waals surface area contributed by atoms with Gasteiger partial charge in [-0.1, -0.05) is 35.9 Å². The quantitative estimate of drug-likeness (QED) is 0.189. The number of phenolic OH excluding ortho intramolecular Hbond substituents is 1. The molecule has 38 heavy (non-hydrogen) atoms. The molecule has 0 aliphatic carbocycles. The first kappa shape index (κ1) is 25.0. The first-order chi connectivity index (χ1) is 18.4. The fourth-order valence-corrected chi connectivity index (χ4v) is 5.04. The van der Waals surface area contributed by atoms with E-state index in [2.05, 4.69) is 4.98 Å². The van der Waals surface area contributed by atoms with Crippen LogP contribution >= 0.6 is 11.3 Å². The second kappa shape index (κ2) is 10.4. The summed E-state index contributed by atoms with van der Waals surface area (Å²) in [5.74, 6) is -1.31. The van der Waals surface area contributed by atoms with E-state index in [4.69, 9.17) is 9.47 Å². The van der Waals surface area contributed by atoms with Crippen LogP contribution in [0.2, 0.25) is 0 Å². The normalized spacial score (nSPS) is 16.6. The van der Waals surface area contributed by atoms with Crippen LogP contribution in [0.25, 0.3) is 5.76 Å². The number of ketones is 1. The Balaban J connectivity index is 1.51. The Morgan fingerprint density at radius 2 is 1.87 bits per heavy atom. The Bertz CT molecular complexity index is 1530. The number of anilines is 1. The van der Waals surface area contributed by atoms with E-state index in [0.29, 0.717) is 28.6 Å². The molecule has 5 rings (SSSR count). The fraction of sp³-hybridized carbons (Fsp3) is 0.138. The molecular weight excluding hydrogens is 504 g/mol. The minimum atomic E-state index is -0.979. The number of aliphatic hydroxyl groups is 1. The number of amides is 1. The number of hydrogen-bond acceptors (Lipinski definition) is 8. The van der Waals surface area contributed by atoms with Gasteiger partial charge in [0, 0.05) is 17.1 Å². The van der Waals surface area contributed by atoms with Crippen LogP contribution in [0.1, 0.15) is 28.3 Å². The molecule has 8 nitrogen and oxygen atoms in total. The number of rotatable bonds is 7. The van der Waals surface area contributed by atoms with Gasteiger partial charge in [-0.3, -0.25) is 14.5 Å². The van der Waals surface area contributed by atoms with Crippen molar-refractivity contribution in [3.05, 3.63) is 106 Å². The average molecular weight is 529 g/mol. The Hall–Kier alpha value is -4.63. The third-order valence-electron chi connectivity index (χ3n) is 6.21. The van der Waals surface area contributed by atoms with Gasteiger partial charge >= 0.3 is 5.91 Å². The van der Waals surface area contributed by atoms with Crippen LogP contribution < -0.4 is 14.4 Å². The van der Waals surface area contributed by atoms with Crippen LogP contribution in [0.4, 0.5) is 5.13 Å². The van der Waals surface area contributed by atoms with Gasteiger partial charge in [-0.2, -0.15) is 0 Å². The zero-order valence-electron chi connectivity index (χ0n) is 20.6. The van der Waals surface area contributed by atoms with Gasteiger partial charge < -0.3 is 19.7 Å². The van der Waals surface area contributed by atoms with Gasteiger partial charge in [0.2, 0.25) is 0 Å². The van der Waals surface area contributed by atoms with Crippen molar-refractivity contribution in [3.63, 3.8) is 0 Å². The minimum Gasteiger partial charge on any atom is -0.507 e. The molecule has 0 spiro atoms. The van der Waals surface area contributed by atoms with E-state index in [0.717, 1.165) is 11.1 Å². The maximum atomic E-state index is 13.2. The highest BCUT2D eigenvalue weighted by Crippen LogP contribution is 2.44. The third-order valence-corrected chi connectivity index (χ3v) is 6.98. The first-order valence-corrected chi connectivity index (χ1v) is 12.6. The van der Waals surface area contributed by atoms with Crippen molar-refractivity contribution in [3.8, 4) is 17.2 Å². The van der Waals surface area contributed by atoms with Crippen LogP contribution in [-0.2, 0) is 16.2 Å². The number of phenols is 1. The summed E-state index contributed by atoms with van der Waals surface area (Å²) < 4.78 is 11.1. The molecule has 4 aromatic rings. The molecule has 2 N–H and O–H groups in total. The summed E-state index contributed by atoms with van der Waals surface area (Å²) in [7, 11) is 1.40. The maximum Gasteiger partial charge on any atom is 0.301 e.